The van der Waals surface area contributed by atoms with E-state index in [2.05, 4.69) is 81.1 Å². The van der Waals surface area contributed by atoms with Gasteiger partial charge in [-0.1, -0.05) is 69.3 Å². The molecule has 0 aliphatic carbocycles. The maximum Gasteiger partial charge on any atom is 0.230 e. The topological polar surface area (TPSA) is 20.3 Å². The van der Waals surface area contributed by atoms with E-state index >= 15 is 0 Å². The van der Waals surface area contributed by atoms with Crippen LogP contribution >= 0.6 is 0 Å². The zero-order valence-corrected chi connectivity index (χ0v) is 16.0. The van der Waals surface area contributed by atoms with Gasteiger partial charge in [-0.05, 0) is 43.9 Å². The number of benzene rings is 2. The van der Waals surface area contributed by atoms with Crippen LogP contribution in [-0.2, 0) is 10.2 Å². The average molecular weight is 335 g/mol. The molecule has 0 spiro atoms. The minimum atomic E-state index is -0.237. The summed E-state index contributed by atoms with van der Waals surface area (Å²) in [6, 6.07) is 19.1. The number of hydrogen-bond acceptors (Lipinski definition) is 1. The summed E-state index contributed by atoms with van der Waals surface area (Å²) in [5.74, 6) is 0.267. The molecule has 0 saturated heterocycles. The fraction of sp³-hybridized carbons (Fsp3) is 0.435. The van der Waals surface area contributed by atoms with Gasteiger partial charge < -0.3 is 4.90 Å². The molecule has 0 N–H and O–H groups in total. The molecule has 2 aromatic carbocycles. The van der Waals surface area contributed by atoms with Crippen molar-refractivity contribution in [2.24, 2.45) is 5.92 Å². The molecule has 1 amide bonds. The Morgan fingerprint density at radius 1 is 1.04 bits per heavy atom. The second-order valence-corrected chi connectivity index (χ2v) is 8.19. The van der Waals surface area contributed by atoms with Gasteiger partial charge in [0.25, 0.3) is 0 Å². The first kappa shape index (κ1) is 17.7. The molecule has 2 atom stereocenters. The molecule has 0 aromatic heterocycles. The third-order valence-corrected chi connectivity index (χ3v) is 5.80. The number of para-hydroxylation sites is 1. The molecule has 0 bridgehead atoms. The molecule has 0 fully saturated rings. The van der Waals surface area contributed by atoms with Crippen LogP contribution < -0.4 is 4.90 Å². The molecule has 2 aromatic rings. The molecule has 1 aliphatic rings. The molecule has 2 heteroatoms. The molecule has 3 rings (SSSR count). The van der Waals surface area contributed by atoms with Crippen LogP contribution in [0.5, 0.6) is 0 Å². The van der Waals surface area contributed by atoms with Crippen LogP contribution in [0.3, 0.4) is 0 Å². The van der Waals surface area contributed by atoms with Crippen LogP contribution in [0.4, 0.5) is 5.69 Å². The number of nitrogens with zero attached hydrogens (tertiary/aromatic N) is 1. The number of fused-ring (bicyclic) bond motifs is 1. The first-order valence-corrected chi connectivity index (χ1v) is 9.30. The summed E-state index contributed by atoms with van der Waals surface area (Å²) in [6.45, 7) is 10.8. The monoisotopic (exact) mass is 335 g/mol. The maximum atomic E-state index is 13.2. The Bertz CT molecular complexity index is 765. The quantitative estimate of drug-likeness (QED) is 0.719. The van der Waals surface area contributed by atoms with Crippen LogP contribution in [0.25, 0.3) is 0 Å². The van der Waals surface area contributed by atoms with E-state index in [9.17, 15) is 4.79 Å². The molecule has 1 heterocycles. The molecule has 2 nitrogen and oxygen atoms in total. The van der Waals surface area contributed by atoms with Crippen LogP contribution in [0.2, 0.25) is 0 Å². The number of carbonyl (C=O) groups is 1. The van der Waals surface area contributed by atoms with E-state index in [1.807, 2.05) is 13.0 Å². The highest BCUT2D eigenvalue weighted by atomic mass is 16.2. The normalized spacial score (nSPS) is 23.0. The molecular formula is C23H29NO. The van der Waals surface area contributed by atoms with Crippen molar-refractivity contribution in [2.45, 2.75) is 58.4 Å². The Balaban J connectivity index is 2.20. The number of rotatable bonds is 3. The van der Waals surface area contributed by atoms with Crippen molar-refractivity contribution >= 4 is 11.6 Å². The summed E-state index contributed by atoms with van der Waals surface area (Å²) in [6.07, 6.45) is 1.77. The predicted molar refractivity (Wildman–Crippen MR) is 105 cm³/mol. The predicted octanol–water partition coefficient (Wildman–Crippen LogP) is 5.55. The third-order valence-electron chi connectivity index (χ3n) is 5.80. The third kappa shape index (κ3) is 2.88. The highest BCUT2D eigenvalue weighted by Crippen LogP contribution is 2.50. The van der Waals surface area contributed by atoms with Gasteiger partial charge in [-0.25, -0.2) is 0 Å². The van der Waals surface area contributed by atoms with Crippen molar-refractivity contribution in [1.82, 2.24) is 0 Å². The second kappa shape index (κ2) is 6.33. The minimum Gasteiger partial charge on any atom is -0.306 e. The Kier molecular flexibility index (Phi) is 4.49. The summed E-state index contributed by atoms with van der Waals surface area (Å²) in [5, 5.41) is 0. The second-order valence-electron chi connectivity index (χ2n) is 8.19. The van der Waals surface area contributed by atoms with Gasteiger partial charge in [-0.2, -0.15) is 0 Å². The fourth-order valence-electron chi connectivity index (χ4n) is 4.38. The van der Waals surface area contributed by atoms with Crippen molar-refractivity contribution in [3.8, 4) is 0 Å². The molecule has 132 valence electrons. The average Bonchev–Trinajstić information content (AvgIpc) is 2.61. The molecule has 25 heavy (non-hydrogen) atoms. The Morgan fingerprint density at radius 3 is 2.28 bits per heavy atom. The fourth-order valence-corrected chi connectivity index (χ4v) is 4.38. The SMILES string of the molecule is CC[C@@H](C)C(=O)N1c2ccccc2[C@@](C)(c2ccccc2)CC1(C)C. The van der Waals surface area contributed by atoms with Gasteiger partial charge in [-0.3, -0.25) is 4.79 Å². The van der Waals surface area contributed by atoms with Gasteiger partial charge in [0, 0.05) is 22.6 Å². The first-order chi connectivity index (χ1) is 11.8. The Morgan fingerprint density at radius 2 is 1.64 bits per heavy atom. The van der Waals surface area contributed by atoms with Crippen molar-refractivity contribution in [1.29, 1.82) is 0 Å². The summed E-state index contributed by atoms with van der Waals surface area (Å²) >= 11 is 0. The van der Waals surface area contributed by atoms with Gasteiger partial charge in [0.15, 0.2) is 0 Å². The van der Waals surface area contributed by atoms with E-state index in [0.717, 1.165) is 18.5 Å². The van der Waals surface area contributed by atoms with Gasteiger partial charge in [0.2, 0.25) is 5.91 Å². The lowest BCUT2D eigenvalue weighted by molar-refractivity contribution is -0.123. The zero-order valence-electron chi connectivity index (χ0n) is 16.0. The van der Waals surface area contributed by atoms with Gasteiger partial charge in [0.1, 0.15) is 0 Å². The van der Waals surface area contributed by atoms with Crippen molar-refractivity contribution < 1.29 is 4.79 Å². The van der Waals surface area contributed by atoms with Gasteiger partial charge in [-0.15, -0.1) is 0 Å². The summed E-state index contributed by atoms with van der Waals surface area (Å²) in [7, 11) is 0. The number of amides is 1. The lowest BCUT2D eigenvalue weighted by atomic mass is 9.65. The summed E-state index contributed by atoms with van der Waals surface area (Å²) in [4.78, 5) is 15.2. The van der Waals surface area contributed by atoms with Crippen molar-refractivity contribution in [3.05, 3.63) is 65.7 Å². The van der Waals surface area contributed by atoms with Crippen molar-refractivity contribution in [3.63, 3.8) is 0 Å². The first-order valence-electron chi connectivity index (χ1n) is 9.30. The summed E-state index contributed by atoms with van der Waals surface area (Å²) < 4.78 is 0. The van der Waals surface area contributed by atoms with Gasteiger partial charge in [0.05, 0.1) is 0 Å². The molecular weight excluding hydrogens is 306 g/mol. The van der Waals surface area contributed by atoms with E-state index in [4.69, 9.17) is 0 Å². The van der Waals surface area contributed by atoms with E-state index < -0.39 is 0 Å². The Hall–Kier alpha value is -2.09. The van der Waals surface area contributed by atoms with Crippen LogP contribution in [0, 0.1) is 5.92 Å². The minimum absolute atomic E-state index is 0.0356. The molecule has 0 unspecified atom stereocenters. The highest BCUT2D eigenvalue weighted by molar-refractivity contribution is 5.98. The standard InChI is InChI=1S/C23H29NO/c1-6-17(2)21(25)24-20-15-11-10-14-19(20)23(5,16-22(24,3)4)18-12-8-7-9-13-18/h7-15,17H,6,16H2,1-5H3/t17-,23-/m1/s1. The van der Waals surface area contributed by atoms with Crippen molar-refractivity contribution in [2.75, 3.05) is 4.90 Å². The van der Waals surface area contributed by atoms with E-state index in [-0.39, 0.29) is 22.8 Å². The van der Waals surface area contributed by atoms with E-state index in [1.54, 1.807) is 0 Å². The maximum absolute atomic E-state index is 13.2. The van der Waals surface area contributed by atoms with Crippen LogP contribution in [-0.4, -0.2) is 11.4 Å². The van der Waals surface area contributed by atoms with E-state index in [0.29, 0.717) is 0 Å². The van der Waals surface area contributed by atoms with Crippen LogP contribution in [0.15, 0.2) is 54.6 Å². The van der Waals surface area contributed by atoms with Gasteiger partial charge >= 0.3 is 0 Å². The smallest absolute Gasteiger partial charge is 0.230 e. The molecule has 1 aliphatic heterocycles. The molecule has 0 radical (unpaired) electrons. The number of carbonyl (C=O) groups excluding carboxylic acids is 1. The largest absolute Gasteiger partial charge is 0.306 e. The lowest BCUT2D eigenvalue weighted by Crippen LogP contribution is -2.57. The number of hydrogen-bond donors (Lipinski definition) is 0. The number of anilines is 1. The summed E-state index contributed by atoms with van der Waals surface area (Å²) in [5.41, 5.74) is 3.28. The van der Waals surface area contributed by atoms with Crippen LogP contribution in [0.1, 0.15) is 58.6 Å². The van der Waals surface area contributed by atoms with E-state index in [1.165, 1.54) is 11.1 Å². The highest BCUT2D eigenvalue weighted by Gasteiger charge is 2.47. The lowest BCUT2D eigenvalue weighted by Gasteiger charge is -2.52. The molecule has 0 saturated carbocycles. The zero-order chi connectivity index (χ0) is 18.2. The Labute approximate surface area is 151 Å².